The summed E-state index contributed by atoms with van der Waals surface area (Å²) in [5, 5.41) is 12.9. The van der Waals surface area contributed by atoms with Crippen molar-refractivity contribution in [1.29, 1.82) is 5.26 Å². The Morgan fingerprint density at radius 2 is 1.96 bits per heavy atom. The maximum Gasteiger partial charge on any atom is 0.225 e. The SMILES string of the molecule is CCCc1ccc(C#N)c(SCCC(=O)Nc2c(C)cccc2C)n1. The van der Waals surface area contributed by atoms with Gasteiger partial charge in [0.1, 0.15) is 11.1 Å². The lowest BCUT2D eigenvalue weighted by molar-refractivity contribution is -0.115. The zero-order valence-corrected chi connectivity index (χ0v) is 15.7. The molecule has 0 saturated carbocycles. The van der Waals surface area contributed by atoms with E-state index in [4.69, 9.17) is 0 Å². The van der Waals surface area contributed by atoms with E-state index in [9.17, 15) is 10.1 Å². The molecule has 2 aromatic rings. The van der Waals surface area contributed by atoms with Crippen molar-refractivity contribution < 1.29 is 4.79 Å². The van der Waals surface area contributed by atoms with Gasteiger partial charge in [0.25, 0.3) is 0 Å². The molecule has 5 heteroatoms. The highest BCUT2D eigenvalue weighted by molar-refractivity contribution is 7.99. The molecule has 0 radical (unpaired) electrons. The average molecular weight is 353 g/mol. The minimum absolute atomic E-state index is 0.0203. The number of anilines is 1. The molecule has 130 valence electrons. The fraction of sp³-hybridized carbons (Fsp3) is 0.350. The number of carbonyl (C=O) groups excluding carboxylic acids is 1. The van der Waals surface area contributed by atoms with Crippen molar-refractivity contribution >= 4 is 23.4 Å². The minimum atomic E-state index is -0.0203. The number of nitrogens with zero attached hydrogens (tertiary/aromatic N) is 2. The molecule has 1 aromatic carbocycles. The summed E-state index contributed by atoms with van der Waals surface area (Å²) < 4.78 is 0. The monoisotopic (exact) mass is 353 g/mol. The fourth-order valence-electron chi connectivity index (χ4n) is 2.52. The van der Waals surface area contributed by atoms with Gasteiger partial charge in [-0.05, 0) is 43.5 Å². The molecule has 25 heavy (non-hydrogen) atoms. The molecule has 0 bridgehead atoms. The standard InChI is InChI=1S/C20H23N3OS/c1-4-6-17-10-9-16(13-21)20(22-17)25-12-11-18(24)23-19-14(2)7-5-8-15(19)3/h5,7-10H,4,6,11-12H2,1-3H3,(H,23,24). The van der Waals surface area contributed by atoms with E-state index in [1.54, 1.807) is 0 Å². The summed E-state index contributed by atoms with van der Waals surface area (Å²) in [7, 11) is 0. The quantitative estimate of drug-likeness (QED) is 0.736. The largest absolute Gasteiger partial charge is 0.326 e. The number of benzene rings is 1. The highest BCUT2D eigenvalue weighted by Gasteiger charge is 2.10. The molecule has 0 atom stereocenters. The van der Waals surface area contributed by atoms with Crippen LogP contribution in [0.4, 0.5) is 5.69 Å². The molecule has 1 amide bonds. The first-order valence-electron chi connectivity index (χ1n) is 8.44. The van der Waals surface area contributed by atoms with E-state index >= 15 is 0 Å². The van der Waals surface area contributed by atoms with E-state index < -0.39 is 0 Å². The van der Waals surface area contributed by atoms with Gasteiger partial charge in [-0.25, -0.2) is 4.98 Å². The third kappa shape index (κ3) is 5.33. The summed E-state index contributed by atoms with van der Waals surface area (Å²) in [6.45, 7) is 6.07. The van der Waals surface area contributed by atoms with Crippen LogP contribution >= 0.6 is 11.8 Å². The van der Waals surface area contributed by atoms with Gasteiger partial charge in [0.15, 0.2) is 0 Å². The number of nitriles is 1. The van der Waals surface area contributed by atoms with Crippen molar-refractivity contribution in [2.24, 2.45) is 0 Å². The van der Waals surface area contributed by atoms with E-state index in [1.165, 1.54) is 11.8 Å². The molecule has 1 N–H and O–H groups in total. The second-order valence-electron chi connectivity index (χ2n) is 5.93. The van der Waals surface area contributed by atoms with Crippen molar-refractivity contribution in [3.8, 4) is 6.07 Å². The van der Waals surface area contributed by atoms with Crippen LogP contribution in [0.15, 0.2) is 35.4 Å². The Bertz CT molecular complexity index is 776. The molecule has 0 aliphatic carbocycles. The molecule has 0 spiro atoms. The summed E-state index contributed by atoms with van der Waals surface area (Å²) in [5.41, 5.74) is 4.56. The van der Waals surface area contributed by atoms with Crippen LogP contribution in [0.1, 0.15) is 42.1 Å². The van der Waals surface area contributed by atoms with E-state index in [2.05, 4.69) is 23.3 Å². The first-order valence-corrected chi connectivity index (χ1v) is 9.42. The van der Waals surface area contributed by atoms with Crippen LogP contribution in [0.5, 0.6) is 0 Å². The summed E-state index contributed by atoms with van der Waals surface area (Å²) >= 11 is 1.46. The number of aromatic nitrogens is 1. The molecule has 2 rings (SSSR count). The molecule has 0 saturated heterocycles. The summed E-state index contributed by atoms with van der Waals surface area (Å²) in [6.07, 6.45) is 2.29. The van der Waals surface area contributed by atoms with Gasteiger partial charge in [0.2, 0.25) is 5.91 Å². The van der Waals surface area contributed by atoms with Gasteiger partial charge in [0, 0.05) is 23.6 Å². The van der Waals surface area contributed by atoms with Crippen LogP contribution < -0.4 is 5.32 Å². The third-order valence-corrected chi connectivity index (χ3v) is 4.85. The molecule has 0 unspecified atom stereocenters. The van der Waals surface area contributed by atoms with Crippen LogP contribution in [0.3, 0.4) is 0 Å². The topological polar surface area (TPSA) is 65.8 Å². The number of amides is 1. The fourth-order valence-corrected chi connectivity index (χ4v) is 3.45. The lowest BCUT2D eigenvalue weighted by Gasteiger charge is -2.11. The predicted octanol–water partition coefficient (Wildman–Crippen LogP) is 4.64. The van der Waals surface area contributed by atoms with Crippen molar-refractivity contribution in [2.75, 3.05) is 11.1 Å². The lowest BCUT2D eigenvalue weighted by Crippen LogP contribution is -2.14. The molecule has 0 aliphatic heterocycles. The predicted molar refractivity (Wildman–Crippen MR) is 103 cm³/mol. The van der Waals surface area contributed by atoms with Gasteiger partial charge < -0.3 is 5.32 Å². The van der Waals surface area contributed by atoms with Crippen LogP contribution in [0, 0.1) is 25.2 Å². The molecular weight excluding hydrogens is 330 g/mol. The van der Waals surface area contributed by atoms with Gasteiger partial charge in [0.05, 0.1) is 5.56 Å². The van der Waals surface area contributed by atoms with E-state index in [-0.39, 0.29) is 5.91 Å². The van der Waals surface area contributed by atoms with Gasteiger partial charge in [-0.1, -0.05) is 31.5 Å². The van der Waals surface area contributed by atoms with Gasteiger partial charge >= 0.3 is 0 Å². The number of hydrogen-bond donors (Lipinski definition) is 1. The smallest absolute Gasteiger partial charge is 0.225 e. The number of hydrogen-bond acceptors (Lipinski definition) is 4. The maximum absolute atomic E-state index is 12.2. The average Bonchev–Trinajstić information content (AvgIpc) is 2.59. The van der Waals surface area contributed by atoms with Gasteiger partial charge in [-0.15, -0.1) is 11.8 Å². The van der Waals surface area contributed by atoms with E-state index in [0.717, 1.165) is 35.3 Å². The van der Waals surface area contributed by atoms with Gasteiger partial charge in [-0.3, -0.25) is 4.79 Å². The van der Waals surface area contributed by atoms with Crippen molar-refractivity contribution in [3.05, 3.63) is 52.7 Å². The first-order chi connectivity index (χ1) is 12.0. The Balaban J connectivity index is 1.95. The first kappa shape index (κ1) is 19.0. The van der Waals surface area contributed by atoms with Crippen LogP contribution in [0.2, 0.25) is 0 Å². The number of carbonyl (C=O) groups is 1. The Kier molecular flexibility index (Phi) is 7.03. The van der Waals surface area contributed by atoms with Crippen molar-refractivity contribution in [3.63, 3.8) is 0 Å². The number of thioether (sulfide) groups is 1. The summed E-state index contributed by atoms with van der Waals surface area (Å²) in [4.78, 5) is 16.8. The Morgan fingerprint density at radius 1 is 1.24 bits per heavy atom. The molecule has 4 nitrogen and oxygen atoms in total. The van der Waals surface area contributed by atoms with Crippen LogP contribution in [0.25, 0.3) is 0 Å². The second kappa shape index (κ2) is 9.24. The number of para-hydroxylation sites is 1. The molecule has 1 aromatic heterocycles. The Hall–Kier alpha value is -2.32. The lowest BCUT2D eigenvalue weighted by atomic mass is 10.1. The number of rotatable bonds is 7. The molecular formula is C20H23N3OS. The number of aryl methyl sites for hydroxylation is 3. The maximum atomic E-state index is 12.2. The second-order valence-corrected chi connectivity index (χ2v) is 7.01. The van der Waals surface area contributed by atoms with Crippen molar-refractivity contribution in [1.82, 2.24) is 4.98 Å². The minimum Gasteiger partial charge on any atom is -0.326 e. The molecule has 0 fully saturated rings. The highest BCUT2D eigenvalue weighted by atomic mass is 32.2. The molecule has 0 aliphatic rings. The third-order valence-electron chi connectivity index (χ3n) is 3.86. The molecule has 1 heterocycles. The van der Waals surface area contributed by atoms with E-state index in [0.29, 0.717) is 22.8 Å². The highest BCUT2D eigenvalue weighted by Crippen LogP contribution is 2.23. The van der Waals surface area contributed by atoms with Crippen molar-refractivity contribution in [2.45, 2.75) is 45.1 Å². The summed E-state index contributed by atoms with van der Waals surface area (Å²) in [6, 6.07) is 11.8. The zero-order chi connectivity index (χ0) is 18.2. The summed E-state index contributed by atoms with van der Waals surface area (Å²) in [5.74, 6) is 0.571. The number of nitrogens with one attached hydrogen (secondary N) is 1. The van der Waals surface area contributed by atoms with Gasteiger partial charge in [-0.2, -0.15) is 5.26 Å². The Morgan fingerprint density at radius 3 is 2.60 bits per heavy atom. The van der Waals surface area contributed by atoms with Crippen LogP contribution in [-0.4, -0.2) is 16.6 Å². The van der Waals surface area contributed by atoms with E-state index in [1.807, 2.05) is 44.2 Å². The Labute approximate surface area is 153 Å². The number of pyridine rings is 1. The van der Waals surface area contributed by atoms with Crippen LogP contribution in [-0.2, 0) is 11.2 Å². The normalized spacial score (nSPS) is 10.3. The zero-order valence-electron chi connectivity index (χ0n) is 14.9.